The van der Waals surface area contributed by atoms with Crippen molar-refractivity contribution in [3.8, 4) is 56.2 Å². The highest BCUT2D eigenvalue weighted by molar-refractivity contribution is 6.30. The number of hydrogen-bond donors (Lipinski definition) is 0. The number of rotatable bonds is 3. The lowest BCUT2D eigenvalue weighted by molar-refractivity contribution is 0.794. The van der Waals surface area contributed by atoms with Crippen LogP contribution in [0.3, 0.4) is 0 Å². The topological polar surface area (TPSA) is 25.8 Å². The number of aromatic nitrogens is 2. The maximum atomic E-state index is 6.74. The van der Waals surface area contributed by atoms with Crippen LogP contribution in [0.2, 0.25) is 5.02 Å². The van der Waals surface area contributed by atoms with Crippen LogP contribution in [-0.4, -0.2) is 9.97 Å². The fraction of sp³-hybridized carbons (Fsp3) is 0.0244. The Morgan fingerprint density at radius 1 is 0.386 bits per heavy atom. The van der Waals surface area contributed by atoms with Crippen LogP contribution in [0.4, 0.5) is 0 Å². The molecule has 9 rings (SSSR count). The zero-order valence-corrected chi connectivity index (χ0v) is 24.5. The first kappa shape index (κ1) is 25.2. The Bertz CT molecular complexity index is 2140. The Balaban J connectivity index is 1.33. The van der Waals surface area contributed by atoms with Gasteiger partial charge in [-0.25, -0.2) is 9.97 Å². The molecule has 206 valence electrons. The van der Waals surface area contributed by atoms with Crippen molar-refractivity contribution in [3.05, 3.63) is 179 Å². The molecule has 1 heterocycles. The molecule has 0 fully saturated rings. The van der Waals surface area contributed by atoms with Gasteiger partial charge in [0.1, 0.15) is 0 Å². The summed E-state index contributed by atoms with van der Waals surface area (Å²) in [5, 5.41) is 0.744. The van der Waals surface area contributed by atoms with Gasteiger partial charge in [0.2, 0.25) is 0 Å². The molecule has 1 spiro atoms. The molecule has 0 aliphatic heterocycles. The van der Waals surface area contributed by atoms with Gasteiger partial charge in [0, 0.05) is 21.7 Å². The summed E-state index contributed by atoms with van der Waals surface area (Å²) in [6, 6.07) is 53.5. The summed E-state index contributed by atoms with van der Waals surface area (Å²) < 4.78 is 0. The van der Waals surface area contributed by atoms with E-state index in [1.807, 2.05) is 30.3 Å². The van der Waals surface area contributed by atoms with E-state index in [0.29, 0.717) is 5.82 Å². The lowest BCUT2D eigenvalue weighted by Crippen LogP contribution is -2.25. The Morgan fingerprint density at radius 3 is 1.55 bits per heavy atom. The van der Waals surface area contributed by atoms with Gasteiger partial charge in [-0.1, -0.05) is 139 Å². The molecule has 0 bridgehead atoms. The van der Waals surface area contributed by atoms with Crippen LogP contribution in [0, 0.1) is 0 Å². The van der Waals surface area contributed by atoms with E-state index in [1.54, 1.807) is 0 Å². The fourth-order valence-electron chi connectivity index (χ4n) is 7.34. The number of halogens is 1. The molecule has 0 atom stereocenters. The third kappa shape index (κ3) is 3.55. The summed E-state index contributed by atoms with van der Waals surface area (Å²) >= 11 is 6.74. The van der Waals surface area contributed by atoms with Crippen molar-refractivity contribution in [1.82, 2.24) is 9.97 Å². The molecule has 3 heteroatoms. The summed E-state index contributed by atoms with van der Waals surface area (Å²) in [7, 11) is 0. The maximum Gasteiger partial charge on any atom is 0.160 e. The van der Waals surface area contributed by atoms with Crippen molar-refractivity contribution >= 4 is 11.6 Å². The number of benzene rings is 6. The van der Waals surface area contributed by atoms with Gasteiger partial charge in [-0.3, -0.25) is 0 Å². The summed E-state index contributed by atoms with van der Waals surface area (Å²) in [6.45, 7) is 0. The van der Waals surface area contributed by atoms with Crippen LogP contribution in [0.5, 0.6) is 0 Å². The molecule has 0 unspecified atom stereocenters. The minimum absolute atomic E-state index is 0.476. The zero-order chi connectivity index (χ0) is 29.3. The monoisotopic (exact) mass is 580 g/mol. The standard InChI is InChI=1S/C41H25ClN2/c42-29-20-22-33-32-21-19-28(39-25-38(26-11-3-1-4-12-26)43-40(44-39)27-13-5-2-6-14-27)23-36(32)41(37(33)24-29)34-17-9-7-15-30(34)31-16-8-10-18-35(31)41/h1-25H. The lowest BCUT2D eigenvalue weighted by Gasteiger charge is -2.30. The van der Waals surface area contributed by atoms with E-state index < -0.39 is 5.41 Å². The van der Waals surface area contributed by atoms with Gasteiger partial charge in [0.15, 0.2) is 5.82 Å². The SMILES string of the molecule is Clc1ccc2c(c1)C1(c3ccccc3-c3ccccc31)c1cc(-c3cc(-c4ccccc4)nc(-c4ccccc4)n3)ccc1-2. The van der Waals surface area contributed by atoms with Gasteiger partial charge < -0.3 is 0 Å². The second-order valence-corrected chi connectivity index (χ2v) is 11.9. The minimum Gasteiger partial charge on any atom is -0.228 e. The molecule has 1 aromatic heterocycles. The highest BCUT2D eigenvalue weighted by Gasteiger charge is 2.51. The highest BCUT2D eigenvalue weighted by atomic mass is 35.5. The molecule has 2 aliphatic rings. The number of nitrogens with zero attached hydrogens (tertiary/aromatic N) is 2. The van der Waals surface area contributed by atoms with Crippen LogP contribution < -0.4 is 0 Å². The third-order valence-corrected chi connectivity index (χ3v) is 9.41. The summed E-state index contributed by atoms with van der Waals surface area (Å²) in [6.07, 6.45) is 0. The van der Waals surface area contributed by atoms with E-state index in [9.17, 15) is 0 Å². The van der Waals surface area contributed by atoms with Crippen LogP contribution in [0.25, 0.3) is 56.2 Å². The van der Waals surface area contributed by atoms with E-state index in [4.69, 9.17) is 21.6 Å². The molecule has 44 heavy (non-hydrogen) atoms. The van der Waals surface area contributed by atoms with Gasteiger partial charge >= 0.3 is 0 Å². The Hall–Kier alpha value is -5.31. The first-order valence-corrected chi connectivity index (χ1v) is 15.2. The van der Waals surface area contributed by atoms with Crippen molar-refractivity contribution in [2.45, 2.75) is 5.41 Å². The van der Waals surface area contributed by atoms with Gasteiger partial charge in [0.25, 0.3) is 0 Å². The van der Waals surface area contributed by atoms with Crippen molar-refractivity contribution in [2.75, 3.05) is 0 Å². The van der Waals surface area contributed by atoms with E-state index >= 15 is 0 Å². The van der Waals surface area contributed by atoms with Crippen molar-refractivity contribution < 1.29 is 0 Å². The van der Waals surface area contributed by atoms with Gasteiger partial charge in [0.05, 0.1) is 16.8 Å². The van der Waals surface area contributed by atoms with E-state index in [1.165, 1.54) is 44.5 Å². The quantitative estimate of drug-likeness (QED) is 0.208. The average molecular weight is 581 g/mol. The predicted molar refractivity (Wildman–Crippen MR) is 180 cm³/mol. The Labute approximate surface area is 261 Å². The van der Waals surface area contributed by atoms with Crippen molar-refractivity contribution in [3.63, 3.8) is 0 Å². The van der Waals surface area contributed by atoms with Crippen LogP contribution in [-0.2, 0) is 5.41 Å². The van der Waals surface area contributed by atoms with E-state index in [-0.39, 0.29) is 0 Å². The molecule has 2 nitrogen and oxygen atoms in total. The zero-order valence-electron chi connectivity index (χ0n) is 23.7. The van der Waals surface area contributed by atoms with Crippen molar-refractivity contribution in [1.29, 1.82) is 0 Å². The van der Waals surface area contributed by atoms with Crippen molar-refractivity contribution in [2.24, 2.45) is 0 Å². The normalized spacial score (nSPS) is 13.3. The molecule has 0 saturated heterocycles. The molecule has 7 aromatic rings. The second-order valence-electron chi connectivity index (χ2n) is 11.5. The Kier molecular flexibility index (Phi) is 5.50. The molecule has 0 N–H and O–H groups in total. The van der Waals surface area contributed by atoms with E-state index in [2.05, 4.69) is 121 Å². The molecule has 0 saturated carbocycles. The van der Waals surface area contributed by atoms with Gasteiger partial charge in [-0.15, -0.1) is 0 Å². The first-order chi connectivity index (χ1) is 21.7. The molecular weight excluding hydrogens is 556 g/mol. The molecular formula is C41H25ClN2. The second kappa shape index (κ2) is 9.60. The smallest absolute Gasteiger partial charge is 0.160 e. The molecule has 0 amide bonds. The summed E-state index contributed by atoms with van der Waals surface area (Å²) in [5.74, 6) is 0.712. The van der Waals surface area contributed by atoms with Crippen LogP contribution in [0.1, 0.15) is 22.3 Å². The van der Waals surface area contributed by atoms with Gasteiger partial charge in [-0.2, -0.15) is 0 Å². The average Bonchev–Trinajstić information content (AvgIpc) is 3.55. The highest BCUT2D eigenvalue weighted by Crippen LogP contribution is 2.63. The van der Waals surface area contributed by atoms with Gasteiger partial charge in [-0.05, 0) is 68.8 Å². The maximum absolute atomic E-state index is 6.74. The van der Waals surface area contributed by atoms with E-state index in [0.717, 1.165) is 33.1 Å². The Morgan fingerprint density at radius 2 is 0.886 bits per heavy atom. The van der Waals surface area contributed by atoms with Crippen LogP contribution in [0.15, 0.2) is 152 Å². The molecule has 2 aliphatic carbocycles. The predicted octanol–water partition coefficient (Wildman–Crippen LogP) is 10.5. The molecule has 6 aromatic carbocycles. The largest absolute Gasteiger partial charge is 0.228 e. The molecule has 0 radical (unpaired) electrons. The number of hydrogen-bond acceptors (Lipinski definition) is 2. The van der Waals surface area contributed by atoms with Crippen LogP contribution >= 0.6 is 11.6 Å². The lowest BCUT2D eigenvalue weighted by atomic mass is 9.70. The number of fused-ring (bicyclic) bond motifs is 10. The fourth-order valence-corrected chi connectivity index (χ4v) is 7.51. The summed E-state index contributed by atoms with van der Waals surface area (Å²) in [4.78, 5) is 10.2. The minimum atomic E-state index is -0.476. The first-order valence-electron chi connectivity index (χ1n) is 14.9. The summed E-state index contributed by atoms with van der Waals surface area (Å²) in [5.41, 5.74) is 14.5. The third-order valence-electron chi connectivity index (χ3n) is 9.18.